The Hall–Kier alpha value is -3.22. The summed E-state index contributed by atoms with van der Waals surface area (Å²) in [6, 6.07) is 21.0. The molecular weight excluding hydrogens is 438 g/mol. The maximum atomic E-state index is 12.5. The number of nitrogens with zero attached hydrogens (tertiary/aromatic N) is 3. The van der Waals surface area contributed by atoms with E-state index in [1.165, 1.54) is 5.56 Å². The molecule has 3 aromatic rings. The molecule has 184 valence electrons. The molecule has 1 amide bonds. The molecule has 2 aromatic carbocycles. The van der Waals surface area contributed by atoms with Crippen molar-refractivity contribution in [2.45, 2.75) is 24.8 Å². The number of rotatable bonds is 11. The highest BCUT2D eigenvalue weighted by Crippen LogP contribution is 2.36. The van der Waals surface area contributed by atoms with E-state index in [2.05, 4.69) is 40.2 Å². The number of carbonyl (C=O) groups excluding carboxylic acids is 1. The van der Waals surface area contributed by atoms with E-state index in [4.69, 9.17) is 9.47 Å². The Labute approximate surface area is 208 Å². The van der Waals surface area contributed by atoms with Crippen LogP contribution < -0.4 is 4.74 Å². The zero-order valence-corrected chi connectivity index (χ0v) is 20.9. The van der Waals surface area contributed by atoms with Crippen LogP contribution in [0.5, 0.6) is 5.75 Å². The number of hydrogen-bond donors (Lipinski definition) is 0. The zero-order chi connectivity index (χ0) is 24.6. The lowest BCUT2D eigenvalue weighted by Gasteiger charge is -2.48. The summed E-state index contributed by atoms with van der Waals surface area (Å²) in [4.78, 5) is 20.8. The first-order chi connectivity index (χ1) is 17.1. The molecule has 2 atom stereocenters. The van der Waals surface area contributed by atoms with Gasteiger partial charge in [-0.15, -0.1) is 0 Å². The Balaban J connectivity index is 1.28. The van der Waals surface area contributed by atoms with Crippen molar-refractivity contribution in [3.8, 4) is 16.9 Å². The number of benzene rings is 2. The summed E-state index contributed by atoms with van der Waals surface area (Å²) >= 11 is 0. The summed E-state index contributed by atoms with van der Waals surface area (Å²) in [6.07, 6.45) is 5.32. The normalized spacial score (nSPS) is 17.6. The number of methoxy groups -OCH3 is 2. The van der Waals surface area contributed by atoms with Crippen LogP contribution in [0.25, 0.3) is 11.1 Å². The van der Waals surface area contributed by atoms with Gasteiger partial charge in [0.15, 0.2) is 0 Å². The van der Waals surface area contributed by atoms with Crippen LogP contribution in [0, 0.1) is 0 Å². The minimum absolute atomic E-state index is 0.0240. The summed E-state index contributed by atoms with van der Waals surface area (Å²) in [5.41, 5.74) is 4.26. The molecule has 1 fully saturated rings. The molecule has 2 heterocycles. The van der Waals surface area contributed by atoms with E-state index in [-0.39, 0.29) is 5.91 Å². The number of para-hydroxylation sites is 1. The van der Waals surface area contributed by atoms with E-state index in [0.717, 1.165) is 56.0 Å². The molecule has 0 N–H and O–H groups in total. The fourth-order valence-electron chi connectivity index (χ4n) is 4.87. The molecule has 1 aliphatic heterocycles. The molecule has 35 heavy (non-hydrogen) atoms. The van der Waals surface area contributed by atoms with Gasteiger partial charge in [-0.05, 0) is 48.7 Å². The Morgan fingerprint density at radius 1 is 1.06 bits per heavy atom. The number of unbranched alkanes of at least 4 members (excludes halogenated alkanes) is 1. The lowest BCUT2D eigenvalue weighted by Crippen LogP contribution is -2.56. The molecule has 0 unspecified atom stereocenters. The highest BCUT2D eigenvalue weighted by atomic mass is 16.5. The van der Waals surface area contributed by atoms with Gasteiger partial charge in [-0.2, -0.15) is 0 Å². The Bertz CT molecular complexity index is 1090. The zero-order valence-electron chi connectivity index (χ0n) is 20.9. The molecule has 1 aliphatic rings. The number of ether oxygens (including phenoxy) is 2. The summed E-state index contributed by atoms with van der Waals surface area (Å²) in [6.45, 7) is 3.51. The number of aromatic nitrogens is 1. The number of hydrogen-bond acceptors (Lipinski definition) is 5. The van der Waals surface area contributed by atoms with E-state index < -0.39 is 0 Å². The average molecular weight is 474 g/mol. The molecule has 4 rings (SSSR count). The monoisotopic (exact) mass is 473 g/mol. The second-order valence-corrected chi connectivity index (χ2v) is 9.12. The molecule has 0 aliphatic carbocycles. The molecule has 6 nitrogen and oxygen atoms in total. The van der Waals surface area contributed by atoms with E-state index >= 15 is 0 Å². The molecule has 0 spiro atoms. The number of likely N-dealkylation sites (tertiary alicyclic amines) is 1. The first-order valence-corrected chi connectivity index (χ1v) is 12.2. The smallest absolute Gasteiger partial charge is 0.255 e. The second kappa shape index (κ2) is 12.0. The fourth-order valence-corrected chi connectivity index (χ4v) is 4.87. The van der Waals surface area contributed by atoms with Crippen molar-refractivity contribution >= 4 is 5.91 Å². The Morgan fingerprint density at radius 2 is 1.86 bits per heavy atom. The van der Waals surface area contributed by atoms with E-state index in [1.54, 1.807) is 37.6 Å². The lowest BCUT2D eigenvalue weighted by atomic mass is 9.82. The van der Waals surface area contributed by atoms with Crippen LogP contribution in [0.3, 0.4) is 0 Å². The maximum absolute atomic E-state index is 12.5. The van der Waals surface area contributed by atoms with Crippen LogP contribution >= 0.6 is 0 Å². The Kier molecular flexibility index (Phi) is 8.50. The van der Waals surface area contributed by atoms with Gasteiger partial charge in [0, 0.05) is 57.2 Å². The second-order valence-electron chi connectivity index (χ2n) is 9.12. The van der Waals surface area contributed by atoms with Crippen LogP contribution in [-0.2, 0) is 4.74 Å². The van der Waals surface area contributed by atoms with E-state index in [1.807, 2.05) is 31.3 Å². The minimum atomic E-state index is 0.0240. The third-order valence-corrected chi connectivity index (χ3v) is 6.90. The van der Waals surface area contributed by atoms with Crippen molar-refractivity contribution in [3.05, 3.63) is 84.2 Å². The molecule has 0 radical (unpaired) electrons. The summed E-state index contributed by atoms with van der Waals surface area (Å²) in [5, 5.41) is 0. The number of carbonyl (C=O) groups is 1. The predicted molar refractivity (Wildman–Crippen MR) is 139 cm³/mol. The highest BCUT2D eigenvalue weighted by Gasteiger charge is 2.39. The topological polar surface area (TPSA) is 54.9 Å². The molecule has 1 aromatic heterocycles. The van der Waals surface area contributed by atoms with Gasteiger partial charge >= 0.3 is 0 Å². The van der Waals surface area contributed by atoms with Gasteiger partial charge in [0.1, 0.15) is 5.75 Å². The quantitative estimate of drug-likeness (QED) is 0.377. The van der Waals surface area contributed by atoms with Gasteiger partial charge in [0.2, 0.25) is 0 Å². The standard InChI is InChI=1S/C29H35N3O3/c1-31(29(33)24-9-8-16-30-19-24)17-6-7-18-32-20-26(27(32)21-34-2)23-14-12-22(13-15-23)25-10-4-5-11-28(25)35-3/h4-5,8-16,19,26-27H,6-7,17-18,20-21H2,1-3H3/t26-,27+/m0/s1. The number of pyridine rings is 1. The highest BCUT2D eigenvalue weighted by molar-refractivity contribution is 5.93. The van der Waals surface area contributed by atoms with Crippen molar-refractivity contribution < 1.29 is 14.3 Å². The molecular formula is C29H35N3O3. The van der Waals surface area contributed by atoms with Crippen LogP contribution in [0.2, 0.25) is 0 Å². The summed E-state index contributed by atoms with van der Waals surface area (Å²) < 4.78 is 11.1. The molecule has 6 heteroatoms. The molecule has 1 saturated heterocycles. The van der Waals surface area contributed by atoms with Gasteiger partial charge in [0.25, 0.3) is 5.91 Å². The minimum Gasteiger partial charge on any atom is -0.496 e. The third kappa shape index (κ3) is 5.89. The predicted octanol–water partition coefficient (Wildman–Crippen LogP) is 4.72. The van der Waals surface area contributed by atoms with Crippen LogP contribution in [0.1, 0.15) is 34.7 Å². The van der Waals surface area contributed by atoms with Crippen molar-refractivity contribution in [2.24, 2.45) is 0 Å². The maximum Gasteiger partial charge on any atom is 0.255 e. The van der Waals surface area contributed by atoms with Crippen LogP contribution in [-0.4, -0.2) is 74.2 Å². The van der Waals surface area contributed by atoms with Crippen LogP contribution in [0.4, 0.5) is 0 Å². The SMILES string of the molecule is COC[C@@H]1[C@H](c2ccc(-c3ccccc3OC)cc2)CN1CCCCN(C)C(=O)c1cccnc1. The van der Waals surface area contributed by atoms with Crippen molar-refractivity contribution in [3.63, 3.8) is 0 Å². The largest absolute Gasteiger partial charge is 0.496 e. The van der Waals surface area contributed by atoms with Crippen LogP contribution in [0.15, 0.2) is 73.1 Å². The summed E-state index contributed by atoms with van der Waals surface area (Å²) in [7, 11) is 5.34. The van der Waals surface area contributed by atoms with E-state index in [9.17, 15) is 4.79 Å². The molecule has 0 saturated carbocycles. The Morgan fingerprint density at radius 3 is 2.57 bits per heavy atom. The first-order valence-electron chi connectivity index (χ1n) is 12.2. The van der Waals surface area contributed by atoms with Gasteiger partial charge in [-0.3, -0.25) is 14.7 Å². The molecule has 0 bridgehead atoms. The number of amides is 1. The first kappa shape index (κ1) is 24.9. The third-order valence-electron chi connectivity index (χ3n) is 6.90. The van der Waals surface area contributed by atoms with Crippen molar-refractivity contribution in [2.75, 3.05) is 47.5 Å². The van der Waals surface area contributed by atoms with Gasteiger partial charge in [0.05, 0.1) is 19.3 Å². The van der Waals surface area contributed by atoms with Gasteiger partial charge in [-0.1, -0.05) is 42.5 Å². The fraction of sp³-hybridized carbons (Fsp3) is 0.379. The van der Waals surface area contributed by atoms with Gasteiger partial charge in [-0.25, -0.2) is 0 Å². The average Bonchev–Trinajstić information content (AvgIpc) is 2.91. The lowest BCUT2D eigenvalue weighted by molar-refractivity contribution is 0.000382. The van der Waals surface area contributed by atoms with Crippen molar-refractivity contribution in [1.29, 1.82) is 0 Å². The summed E-state index contributed by atoms with van der Waals surface area (Å²) in [5.74, 6) is 1.38. The van der Waals surface area contributed by atoms with Crippen molar-refractivity contribution in [1.82, 2.24) is 14.8 Å². The van der Waals surface area contributed by atoms with E-state index in [0.29, 0.717) is 17.5 Å². The van der Waals surface area contributed by atoms with Gasteiger partial charge < -0.3 is 14.4 Å².